The Bertz CT molecular complexity index is 595. The van der Waals surface area contributed by atoms with Gasteiger partial charge in [0.15, 0.2) is 0 Å². The van der Waals surface area contributed by atoms with E-state index >= 15 is 0 Å². The molecule has 0 saturated heterocycles. The number of carbonyl (C=O) groups excluding carboxylic acids is 1. The molecule has 0 heterocycles. The molecule has 1 N–H and O–H groups in total. The van der Waals surface area contributed by atoms with E-state index in [2.05, 4.69) is 24.3 Å². The van der Waals surface area contributed by atoms with Gasteiger partial charge in [-0.15, -0.1) is 0 Å². The van der Waals surface area contributed by atoms with Gasteiger partial charge in [0.05, 0.1) is 5.71 Å². The van der Waals surface area contributed by atoms with Crippen molar-refractivity contribution >= 4 is 11.5 Å². The van der Waals surface area contributed by atoms with E-state index in [0.29, 0.717) is 23.7 Å². The third kappa shape index (κ3) is 2.83. The second-order valence-corrected chi connectivity index (χ2v) is 9.87. The van der Waals surface area contributed by atoms with Crippen LogP contribution in [0.5, 0.6) is 0 Å². The maximum absolute atomic E-state index is 12.5. The van der Waals surface area contributed by atoms with Crippen molar-refractivity contribution in [2.45, 2.75) is 71.6 Å². The molecule has 4 aliphatic carbocycles. The number of hydrogen-bond acceptors (Lipinski definition) is 4. The van der Waals surface area contributed by atoms with Crippen LogP contribution in [0.25, 0.3) is 0 Å². The van der Waals surface area contributed by atoms with Crippen molar-refractivity contribution in [2.24, 2.45) is 39.7 Å². The van der Waals surface area contributed by atoms with E-state index in [-0.39, 0.29) is 6.84 Å². The first-order valence-corrected chi connectivity index (χ1v) is 10.8. The van der Waals surface area contributed by atoms with Crippen molar-refractivity contribution < 1.29 is 11.1 Å². The second kappa shape index (κ2) is 6.92. The molecule has 4 unspecified atom stereocenters. The van der Waals surface area contributed by atoms with Crippen LogP contribution in [0.1, 0.15) is 73.1 Å². The lowest BCUT2D eigenvalue weighted by molar-refractivity contribution is -0.137. The number of nitrogens with one attached hydrogen (secondary N) is 1. The molecule has 0 aromatic carbocycles. The maximum Gasteiger partial charge on any atom is 0.139 e. The van der Waals surface area contributed by atoms with Crippen molar-refractivity contribution in [1.29, 1.82) is 0 Å². The number of oxime groups is 1. The summed E-state index contributed by atoms with van der Waals surface area (Å²) in [5.74, 6) is 3.57. The van der Waals surface area contributed by atoms with Crippen molar-refractivity contribution in [1.82, 2.24) is 5.32 Å². The summed E-state index contributed by atoms with van der Waals surface area (Å²) < 4.78 is 0. The number of likely N-dealkylation sites (N-methyl/N-ethyl adjacent to an activating group) is 1. The Labute approximate surface area is 160 Å². The van der Waals surface area contributed by atoms with Gasteiger partial charge in [-0.2, -0.15) is 0 Å². The molecule has 0 aliphatic heterocycles. The Hall–Kier alpha value is -0.900. The predicted molar refractivity (Wildman–Crippen MR) is 106 cm³/mol. The fourth-order valence-electron chi connectivity index (χ4n) is 7.20. The van der Waals surface area contributed by atoms with Gasteiger partial charge < -0.3 is 10.2 Å². The summed E-state index contributed by atoms with van der Waals surface area (Å²) in [4.78, 5) is 18.0. The van der Waals surface area contributed by atoms with Crippen LogP contribution in [-0.4, -0.2) is 31.7 Å². The molecule has 4 heteroatoms. The first kappa shape index (κ1) is 18.5. The van der Waals surface area contributed by atoms with Crippen molar-refractivity contribution in [3.05, 3.63) is 0 Å². The maximum atomic E-state index is 12.5. The SMILES string of the molecule is CNCCO/N=C1\CC[C@@]2(C)C(CCC3C2CC[C@]2(C)C(=O)CCC32)C1.[HH]. The smallest absolute Gasteiger partial charge is 0.139 e. The van der Waals surface area contributed by atoms with E-state index < -0.39 is 0 Å². The molecule has 0 amide bonds. The summed E-state index contributed by atoms with van der Waals surface area (Å²) in [6.07, 6.45) is 10.5. The van der Waals surface area contributed by atoms with E-state index in [1.165, 1.54) is 31.4 Å². The molecule has 4 nitrogen and oxygen atoms in total. The number of fused-ring (bicyclic) bond motifs is 5. The van der Waals surface area contributed by atoms with Crippen LogP contribution >= 0.6 is 0 Å². The monoisotopic (exact) mass is 362 g/mol. The zero-order valence-electron chi connectivity index (χ0n) is 16.9. The van der Waals surface area contributed by atoms with Crippen LogP contribution in [0.3, 0.4) is 0 Å². The molecule has 4 fully saturated rings. The summed E-state index contributed by atoms with van der Waals surface area (Å²) in [6, 6.07) is 0. The van der Waals surface area contributed by atoms with Gasteiger partial charge in [0.2, 0.25) is 0 Å². The quantitative estimate of drug-likeness (QED) is 0.594. The lowest BCUT2D eigenvalue weighted by Gasteiger charge is -2.59. The number of ketones is 1. The molecule has 0 aromatic rings. The van der Waals surface area contributed by atoms with Gasteiger partial charge in [0.1, 0.15) is 12.4 Å². The Morgan fingerprint density at radius 1 is 1.15 bits per heavy atom. The Balaban J connectivity index is 0.00000210. The molecular formula is C22H38N2O2. The molecule has 26 heavy (non-hydrogen) atoms. The molecule has 6 atom stereocenters. The van der Waals surface area contributed by atoms with Gasteiger partial charge in [-0.1, -0.05) is 19.0 Å². The average Bonchev–Trinajstić information content (AvgIpc) is 2.94. The number of nitrogens with zero attached hydrogens (tertiary/aromatic N) is 1. The molecule has 0 aromatic heterocycles. The molecule has 0 bridgehead atoms. The van der Waals surface area contributed by atoms with Gasteiger partial charge in [-0.25, -0.2) is 0 Å². The molecule has 4 aliphatic rings. The first-order chi connectivity index (χ1) is 12.5. The average molecular weight is 363 g/mol. The van der Waals surface area contributed by atoms with Crippen LogP contribution in [0.4, 0.5) is 0 Å². The standard InChI is InChI=1S/C22H36N2O2.H2/c1-21-10-8-16(24-26-13-12-23-3)14-15(21)4-5-17-18-6-7-20(25)22(18,2)11-9-19(17)21;/h15,17-19,23H,4-14H2,1-3H3;1H/b24-16+;/t15?,17?,18?,19?,21-,22-;/m0./s1. The van der Waals surface area contributed by atoms with Crippen LogP contribution in [0.2, 0.25) is 0 Å². The highest BCUT2D eigenvalue weighted by molar-refractivity contribution is 5.87. The lowest BCUT2D eigenvalue weighted by Crippen LogP contribution is -2.53. The normalized spacial score (nSPS) is 46.6. The summed E-state index contributed by atoms with van der Waals surface area (Å²) in [6.45, 7) is 6.35. The first-order valence-electron chi connectivity index (χ1n) is 10.8. The summed E-state index contributed by atoms with van der Waals surface area (Å²) in [5, 5.41) is 7.55. The molecular weight excluding hydrogens is 324 g/mol. The predicted octanol–water partition coefficient (Wildman–Crippen LogP) is 4.44. The van der Waals surface area contributed by atoms with E-state index in [9.17, 15) is 4.79 Å². The van der Waals surface area contributed by atoms with Gasteiger partial charge in [0.25, 0.3) is 0 Å². The highest BCUT2D eigenvalue weighted by atomic mass is 16.6. The van der Waals surface area contributed by atoms with Gasteiger partial charge >= 0.3 is 0 Å². The van der Waals surface area contributed by atoms with Crippen molar-refractivity contribution in [2.75, 3.05) is 20.2 Å². The topological polar surface area (TPSA) is 50.7 Å². The Morgan fingerprint density at radius 2 is 2.00 bits per heavy atom. The Morgan fingerprint density at radius 3 is 2.81 bits per heavy atom. The third-order valence-corrected chi connectivity index (χ3v) is 8.85. The molecule has 4 saturated carbocycles. The summed E-state index contributed by atoms with van der Waals surface area (Å²) in [7, 11) is 1.94. The molecule has 0 spiro atoms. The number of hydrogen-bond donors (Lipinski definition) is 1. The minimum atomic E-state index is 0. The van der Waals surface area contributed by atoms with E-state index in [1.807, 2.05) is 7.05 Å². The number of carbonyl (C=O) groups is 1. The van der Waals surface area contributed by atoms with E-state index in [1.54, 1.807) is 0 Å². The largest absolute Gasteiger partial charge is 0.394 e. The van der Waals surface area contributed by atoms with E-state index in [0.717, 1.165) is 56.4 Å². The fraction of sp³-hybridized carbons (Fsp3) is 0.909. The van der Waals surface area contributed by atoms with E-state index in [4.69, 9.17) is 4.84 Å². The summed E-state index contributed by atoms with van der Waals surface area (Å²) in [5.41, 5.74) is 1.73. The lowest BCUT2D eigenvalue weighted by atomic mass is 9.45. The van der Waals surface area contributed by atoms with Crippen LogP contribution < -0.4 is 5.32 Å². The highest BCUT2D eigenvalue weighted by Gasteiger charge is 2.60. The molecule has 4 rings (SSSR count). The molecule has 0 radical (unpaired) electrons. The Kier molecular flexibility index (Phi) is 4.92. The van der Waals surface area contributed by atoms with Crippen LogP contribution in [0, 0.1) is 34.5 Å². The van der Waals surface area contributed by atoms with Crippen molar-refractivity contribution in [3.8, 4) is 0 Å². The van der Waals surface area contributed by atoms with Gasteiger partial charge in [0, 0.05) is 19.8 Å². The third-order valence-electron chi connectivity index (χ3n) is 8.85. The van der Waals surface area contributed by atoms with Crippen LogP contribution in [-0.2, 0) is 9.63 Å². The van der Waals surface area contributed by atoms with Crippen LogP contribution in [0.15, 0.2) is 5.16 Å². The number of Topliss-reactive ketones (excluding diaryl/α,β-unsaturated/α-hetero) is 1. The minimum absolute atomic E-state index is 0. The summed E-state index contributed by atoms with van der Waals surface area (Å²) >= 11 is 0. The highest BCUT2D eigenvalue weighted by Crippen LogP contribution is 2.65. The fourth-order valence-corrected chi connectivity index (χ4v) is 7.20. The van der Waals surface area contributed by atoms with Gasteiger partial charge in [-0.3, -0.25) is 4.79 Å². The zero-order chi connectivity index (χ0) is 18.4. The van der Waals surface area contributed by atoms with Gasteiger partial charge in [-0.05, 0) is 87.5 Å². The molecule has 148 valence electrons. The number of rotatable bonds is 4. The minimum Gasteiger partial charge on any atom is -0.394 e. The van der Waals surface area contributed by atoms with Crippen molar-refractivity contribution in [3.63, 3.8) is 0 Å². The zero-order valence-corrected chi connectivity index (χ0v) is 16.9. The second-order valence-electron chi connectivity index (χ2n) is 9.87.